The summed E-state index contributed by atoms with van der Waals surface area (Å²) in [6.07, 6.45) is 0. The van der Waals surface area contributed by atoms with E-state index in [2.05, 4.69) is 15.9 Å². The zero-order valence-electron chi connectivity index (χ0n) is 12.1. The Bertz CT molecular complexity index is 805. The van der Waals surface area contributed by atoms with Crippen LogP contribution >= 0.6 is 15.9 Å². The largest absolute Gasteiger partial charge is 0.495 e. The van der Waals surface area contributed by atoms with Crippen LogP contribution in [-0.4, -0.2) is 33.1 Å². The molecule has 0 bridgehead atoms. The first-order valence-corrected chi connectivity index (χ1v) is 8.72. The molecule has 2 aromatic carbocycles. The molecule has 23 heavy (non-hydrogen) atoms. The van der Waals surface area contributed by atoms with Crippen LogP contribution in [0.3, 0.4) is 0 Å². The summed E-state index contributed by atoms with van der Waals surface area (Å²) in [5.74, 6) is -0.994. The van der Waals surface area contributed by atoms with Crippen LogP contribution < -0.4 is 9.04 Å². The Morgan fingerprint density at radius 2 is 1.78 bits per heavy atom. The maximum atomic E-state index is 12.8. The number of halogens is 1. The maximum absolute atomic E-state index is 12.8. The number of ether oxygens (including phenoxy) is 1. The smallest absolute Gasteiger partial charge is 0.324 e. The molecule has 0 aliphatic heterocycles. The summed E-state index contributed by atoms with van der Waals surface area (Å²) in [7, 11) is -2.65. The van der Waals surface area contributed by atoms with E-state index in [1.807, 2.05) is 0 Å². The molecule has 6 nitrogen and oxygen atoms in total. The third-order valence-electron chi connectivity index (χ3n) is 3.03. The minimum atomic E-state index is -4.05. The molecule has 8 heteroatoms. The number of hydrogen-bond donors (Lipinski definition) is 1. The molecular weight excluding hydrogens is 386 g/mol. The molecule has 0 amide bonds. The standard InChI is InChI=1S/C15H14BrNO5S/c1-22-14-5-3-2-4-13(14)17(10-15(18)19)23(20,21)12-8-6-11(16)7-9-12/h2-9H,10H2,1H3,(H,18,19). The quantitative estimate of drug-likeness (QED) is 0.806. The predicted octanol–water partition coefficient (Wildman–Crippen LogP) is 2.74. The lowest BCUT2D eigenvalue weighted by molar-refractivity contribution is -0.135. The van der Waals surface area contributed by atoms with E-state index in [-0.39, 0.29) is 16.3 Å². The molecule has 0 aromatic heterocycles. The highest BCUT2D eigenvalue weighted by Crippen LogP contribution is 2.32. The number of nitrogens with zero attached hydrogens (tertiary/aromatic N) is 1. The van der Waals surface area contributed by atoms with Gasteiger partial charge in [0.1, 0.15) is 12.3 Å². The van der Waals surface area contributed by atoms with Crippen molar-refractivity contribution in [1.82, 2.24) is 0 Å². The summed E-state index contributed by atoms with van der Waals surface area (Å²) in [6, 6.07) is 12.3. The second-order valence-electron chi connectivity index (χ2n) is 4.53. The molecule has 122 valence electrons. The first kappa shape index (κ1) is 17.3. The molecule has 0 saturated carbocycles. The number of para-hydroxylation sites is 2. The monoisotopic (exact) mass is 399 g/mol. The first-order valence-electron chi connectivity index (χ1n) is 6.49. The van der Waals surface area contributed by atoms with E-state index < -0.39 is 22.5 Å². The summed E-state index contributed by atoms with van der Waals surface area (Å²) < 4.78 is 32.4. The molecule has 2 aromatic rings. The van der Waals surface area contributed by atoms with Gasteiger partial charge in [-0.1, -0.05) is 28.1 Å². The molecule has 1 N–H and O–H groups in total. The van der Waals surface area contributed by atoms with Gasteiger partial charge in [0.15, 0.2) is 0 Å². The summed E-state index contributed by atoms with van der Waals surface area (Å²) in [6.45, 7) is -0.710. The van der Waals surface area contributed by atoms with Gasteiger partial charge in [-0.05, 0) is 36.4 Å². The third-order valence-corrected chi connectivity index (χ3v) is 5.34. The Morgan fingerprint density at radius 3 is 2.35 bits per heavy atom. The Balaban J connectivity index is 2.58. The van der Waals surface area contributed by atoms with Crippen molar-refractivity contribution in [3.05, 3.63) is 53.0 Å². The summed E-state index contributed by atoms with van der Waals surface area (Å²) in [5, 5.41) is 9.11. The fraction of sp³-hybridized carbons (Fsp3) is 0.133. The molecule has 0 atom stereocenters. The minimum absolute atomic E-state index is 0.00661. The maximum Gasteiger partial charge on any atom is 0.324 e. The number of carboxylic acid groups (broad SMARTS) is 1. The number of anilines is 1. The van der Waals surface area contributed by atoms with Crippen LogP contribution in [-0.2, 0) is 14.8 Å². The molecule has 0 saturated heterocycles. The lowest BCUT2D eigenvalue weighted by Crippen LogP contribution is -2.36. The van der Waals surface area contributed by atoms with Gasteiger partial charge < -0.3 is 9.84 Å². The van der Waals surface area contributed by atoms with E-state index >= 15 is 0 Å². The number of carboxylic acids is 1. The van der Waals surface area contributed by atoms with Crippen LogP contribution in [0.1, 0.15) is 0 Å². The van der Waals surface area contributed by atoms with Gasteiger partial charge in [-0.2, -0.15) is 0 Å². The fourth-order valence-corrected chi connectivity index (χ4v) is 3.68. The van der Waals surface area contributed by atoms with Crippen molar-refractivity contribution in [1.29, 1.82) is 0 Å². The Morgan fingerprint density at radius 1 is 1.17 bits per heavy atom. The number of hydrogen-bond acceptors (Lipinski definition) is 4. The van der Waals surface area contributed by atoms with Crippen molar-refractivity contribution in [3.8, 4) is 5.75 Å². The lowest BCUT2D eigenvalue weighted by Gasteiger charge is -2.24. The van der Waals surface area contributed by atoms with Gasteiger partial charge in [0.2, 0.25) is 0 Å². The van der Waals surface area contributed by atoms with E-state index in [4.69, 9.17) is 9.84 Å². The highest BCUT2D eigenvalue weighted by Gasteiger charge is 2.29. The highest BCUT2D eigenvalue weighted by atomic mass is 79.9. The van der Waals surface area contributed by atoms with Crippen LogP contribution in [0.15, 0.2) is 57.9 Å². The highest BCUT2D eigenvalue weighted by molar-refractivity contribution is 9.10. The normalized spacial score (nSPS) is 11.0. The van der Waals surface area contributed by atoms with Crippen molar-refractivity contribution < 1.29 is 23.1 Å². The van der Waals surface area contributed by atoms with Gasteiger partial charge in [-0.3, -0.25) is 9.10 Å². The molecule has 0 unspecified atom stereocenters. The number of rotatable bonds is 6. The van der Waals surface area contributed by atoms with Gasteiger partial charge in [0.05, 0.1) is 17.7 Å². The van der Waals surface area contributed by atoms with Crippen molar-refractivity contribution >= 4 is 37.6 Å². The molecule has 0 aliphatic rings. The van der Waals surface area contributed by atoms with Crippen molar-refractivity contribution in [2.24, 2.45) is 0 Å². The van der Waals surface area contributed by atoms with E-state index in [9.17, 15) is 13.2 Å². The molecule has 0 heterocycles. The van der Waals surface area contributed by atoms with Gasteiger partial charge in [-0.25, -0.2) is 8.42 Å². The van der Waals surface area contributed by atoms with Crippen LogP contribution in [0.5, 0.6) is 5.75 Å². The number of aliphatic carboxylic acids is 1. The fourth-order valence-electron chi connectivity index (χ4n) is 1.99. The van der Waals surface area contributed by atoms with Crippen LogP contribution in [0.2, 0.25) is 0 Å². The summed E-state index contributed by atoms with van der Waals surface area (Å²) >= 11 is 3.23. The van der Waals surface area contributed by atoms with Gasteiger partial charge in [0.25, 0.3) is 10.0 Å². The Hall–Kier alpha value is -2.06. The molecule has 0 fully saturated rings. The second kappa shape index (κ2) is 7.01. The second-order valence-corrected chi connectivity index (χ2v) is 7.31. The van der Waals surface area contributed by atoms with E-state index in [1.54, 1.807) is 30.3 Å². The molecular formula is C15H14BrNO5S. The lowest BCUT2D eigenvalue weighted by atomic mass is 10.3. The van der Waals surface area contributed by atoms with Gasteiger partial charge in [0, 0.05) is 4.47 Å². The van der Waals surface area contributed by atoms with Gasteiger partial charge >= 0.3 is 5.97 Å². The van der Waals surface area contributed by atoms with Crippen molar-refractivity contribution in [2.45, 2.75) is 4.90 Å². The zero-order chi connectivity index (χ0) is 17.0. The minimum Gasteiger partial charge on any atom is -0.495 e. The topological polar surface area (TPSA) is 83.9 Å². The number of methoxy groups -OCH3 is 1. The van der Waals surface area contributed by atoms with Crippen LogP contribution in [0.4, 0.5) is 5.69 Å². The average Bonchev–Trinajstić information content (AvgIpc) is 2.52. The predicted molar refractivity (Wildman–Crippen MR) is 89.3 cm³/mol. The van der Waals surface area contributed by atoms with Crippen LogP contribution in [0.25, 0.3) is 0 Å². The first-order chi connectivity index (χ1) is 10.9. The summed E-state index contributed by atoms with van der Waals surface area (Å²) in [5.41, 5.74) is 0.167. The van der Waals surface area contributed by atoms with E-state index in [0.29, 0.717) is 0 Å². The van der Waals surface area contributed by atoms with Crippen molar-refractivity contribution in [2.75, 3.05) is 18.0 Å². The number of benzene rings is 2. The van der Waals surface area contributed by atoms with Crippen LogP contribution in [0, 0.1) is 0 Å². The Kier molecular flexibility index (Phi) is 5.27. The zero-order valence-corrected chi connectivity index (χ0v) is 14.5. The molecule has 2 rings (SSSR count). The molecule has 0 spiro atoms. The van der Waals surface area contributed by atoms with E-state index in [1.165, 1.54) is 25.3 Å². The Labute approximate surface area is 142 Å². The summed E-state index contributed by atoms with van der Waals surface area (Å²) in [4.78, 5) is 11.2. The molecule has 0 radical (unpaired) electrons. The SMILES string of the molecule is COc1ccccc1N(CC(=O)O)S(=O)(=O)c1ccc(Br)cc1. The number of sulfonamides is 1. The average molecular weight is 400 g/mol. The van der Waals surface area contributed by atoms with E-state index in [0.717, 1.165) is 8.78 Å². The third kappa shape index (κ3) is 3.83. The molecule has 0 aliphatic carbocycles. The van der Waals surface area contributed by atoms with Crippen molar-refractivity contribution in [3.63, 3.8) is 0 Å². The van der Waals surface area contributed by atoms with Gasteiger partial charge in [-0.15, -0.1) is 0 Å². The number of carbonyl (C=O) groups is 1.